The fourth-order valence-electron chi connectivity index (χ4n) is 5.51. The van der Waals surface area contributed by atoms with Crippen LogP contribution < -0.4 is 14.4 Å². The van der Waals surface area contributed by atoms with Gasteiger partial charge in [0, 0.05) is 12.6 Å². The molecule has 0 heterocycles. The fourth-order valence-corrected chi connectivity index (χ4v) is 6.92. The fraction of sp³-hybridized carbons (Fsp3) is 0.429. The normalized spacial score (nSPS) is 14.6. The highest BCUT2D eigenvalue weighted by Crippen LogP contribution is 2.27. The molecule has 3 aromatic carbocycles. The second-order valence-electron chi connectivity index (χ2n) is 12.0. The Morgan fingerprint density at radius 3 is 2.20 bits per heavy atom. The van der Waals surface area contributed by atoms with E-state index in [0.29, 0.717) is 11.4 Å². The second kappa shape index (κ2) is 14.8. The Labute approximate surface area is 262 Å². The van der Waals surface area contributed by atoms with E-state index in [0.717, 1.165) is 53.1 Å². The Bertz CT molecular complexity index is 1510. The molecule has 3 aromatic rings. The maximum Gasteiger partial charge on any atom is 0.264 e. The van der Waals surface area contributed by atoms with Crippen LogP contribution in [0, 0.1) is 6.92 Å². The summed E-state index contributed by atoms with van der Waals surface area (Å²) in [4.78, 5) is 29.3. The maximum atomic E-state index is 14.2. The molecule has 8 nitrogen and oxygen atoms in total. The summed E-state index contributed by atoms with van der Waals surface area (Å²) in [5.74, 6) is 0.155. The van der Waals surface area contributed by atoms with Crippen LogP contribution in [-0.2, 0) is 26.2 Å². The summed E-state index contributed by atoms with van der Waals surface area (Å²) in [7, 11) is -2.55. The summed E-state index contributed by atoms with van der Waals surface area (Å²) >= 11 is 0. The van der Waals surface area contributed by atoms with E-state index in [9.17, 15) is 18.0 Å². The van der Waals surface area contributed by atoms with E-state index in [4.69, 9.17) is 4.74 Å². The van der Waals surface area contributed by atoms with Crippen LogP contribution in [0.2, 0.25) is 0 Å². The minimum Gasteiger partial charge on any atom is -0.497 e. The maximum absolute atomic E-state index is 14.2. The number of hydrogen-bond donors (Lipinski definition) is 1. The molecular formula is C35H45N3O5S. The van der Waals surface area contributed by atoms with Crippen molar-refractivity contribution in [2.75, 3.05) is 18.0 Å². The molecule has 0 bridgehead atoms. The van der Waals surface area contributed by atoms with Gasteiger partial charge in [-0.2, -0.15) is 0 Å². The number of carbonyl (C=O) groups excluding carboxylic acids is 2. The highest BCUT2D eigenvalue weighted by atomic mass is 32.2. The standard InChI is InChI=1S/C35H45N3O5S/c1-25(2)29-16-18-31(19-17-29)38(44(41,42)33-20-14-26(3)15-21-33)24-34(39)37(23-28-10-9-13-32(22-28)43-5)27(4)35(40)36-30-11-7-6-8-12-30/h9-10,13-22,25,27,30H,6-8,11-12,23-24H2,1-5H3,(H,36,40)/t27-/m0/s1. The lowest BCUT2D eigenvalue weighted by Gasteiger charge is -2.33. The van der Waals surface area contributed by atoms with Gasteiger partial charge in [-0.3, -0.25) is 13.9 Å². The molecule has 9 heteroatoms. The molecule has 4 rings (SSSR count). The van der Waals surface area contributed by atoms with Crippen LogP contribution >= 0.6 is 0 Å². The first-order valence-electron chi connectivity index (χ1n) is 15.4. The first-order chi connectivity index (χ1) is 21.0. The van der Waals surface area contributed by atoms with Gasteiger partial charge in [-0.05, 0) is 80.1 Å². The molecule has 44 heavy (non-hydrogen) atoms. The van der Waals surface area contributed by atoms with Crippen LogP contribution in [-0.4, -0.2) is 50.9 Å². The Morgan fingerprint density at radius 1 is 0.932 bits per heavy atom. The molecule has 1 fully saturated rings. The van der Waals surface area contributed by atoms with Gasteiger partial charge < -0.3 is 15.0 Å². The number of anilines is 1. The third kappa shape index (κ3) is 8.20. The second-order valence-corrected chi connectivity index (χ2v) is 13.8. The molecule has 0 saturated heterocycles. The monoisotopic (exact) mass is 619 g/mol. The Kier molecular flexibility index (Phi) is 11.1. The van der Waals surface area contributed by atoms with E-state index < -0.39 is 28.5 Å². The number of amides is 2. The van der Waals surface area contributed by atoms with Crippen LogP contribution in [0.4, 0.5) is 5.69 Å². The quantitative estimate of drug-likeness (QED) is 0.261. The smallest absolute Gasteiger partial charge is 0.264 e. The van der Waals surface area contributed by atoms with Crippen LogP contribution in [0.3, 0.4) is 0 Å². The molecule has 1 aliphatic carbocycles. The summed E-state index contributed by atoms with van der Waals surface area (Å²) in [6.45, 7) is 7.36. The van der Waals surface area contributed by atoms with Gasteiger partial charge in [-0.1, -0.05) is 75.1 Å². The average molecular weight is 620 g/mol. The van der Waals surface area contributed by atoms with E-state index in [1.54, 1.807) is 50.4 Å². The molecular weight excluding hydrogens is 574 g/mol. The van der Waals surface area contributed by atoms with Crippen molar-refractivity contribution in [1.29, 1.82) is 0 Å². The summed E-state index contributed by atoms with van der Waals surface area (Å²) in [5.41, 5.74) is 3.13. The van der Waals surface area contributed by atoms with Gasteiger partial charge in [0.05, 0.1) is 17.7 Å². The number of ether oxygens (including phenoxy) is 1. The third-order valence-corrected chi connectivity index (χ3v) is 10.1. The molecule has 2 amide bonds. The zero-order valence-electron chi connectivity index (χ0n) is 26.5. The minimum absolute atomic E-state index is 0.0744. The Hall–Kier alpha value is -3.85. The number of nitrogens with one attached hydrogen (secondary N) is 1. The lowest BCUT2D eigenvalue weighted by molar-refractivity contribution is -0.139. The first-order valence-corrected chi connectivity index (χ1v) is 16.9. The summed E-state index contributed by atoms with van der Waals surface area (Å²) in [5, 5.41) is 3.14. The number of methoxy groups -OCH3 is 1. The van der Waals surface area contributed by atoms with Gasteiger partial charge in [0.15, 0.2) is 0 Å². The minimum atomic E-state index is -4.12. The Morgan fingerprint density at radius 2 is 1.59 bits per heavy atom. The van der Waals surface area contributed by atoms with Crippen molar-refractivity contribution in [3.05, 3.63) is 89.5 Å². The van der Waals surface area contributed by atoms with Crippen LogP contribution in [0.5, 0.6) is 5.75 Å². The van der Waals surface area contributed by atoms with Crippen molar-refractivity contribution in [3.8, 4) is 5.75 Å². The zero-order valence-corrected chi connectivity index (χ0v) is 27.3. The van der Waals surface area contributed by atoms with E-state index in [-0.39, 0.29) is 29.3 Å². The predicted molar refractivity (Wildman–Crippen MR) is 174 cm³/mol. The summed E-state index contributed by atoms with van der Waals surface area (Å²) < 4.78 is 34.7. The lowest BCUT2D eigenvalue weighted by Crippen LogP contribution is -2.53. The van der Waals surface area contributed by atoms with E-state index in [2.05, 4.69) is 19.2 Å². The van der Waals surface area contributed by atoms with E-state index >= 15 is 0 Å². The average Bonchev–Trinajstić information content (AvgIpc) is 3.02. The van der Waals surface area contributed by atoms with Crippen molar-refractivity contribution < 1.29 is 22.7 Å². The van der Waals surface area contributed by atoms with Crippen molar-refractivity contribution in [2.24, 2.45) is 0 Å². The number of nitrogens with zero attached hydrogens (tertiary/aromatic N) is 2. The molecule has 0 aliphatic heterocycles. The molecule has 1 atom stereocenters. The molecule has 0 aromatic heterocycles. The van der Waals surface area contributed by atoms with Crippen LogP contribution in [0.1, 0.15) is 75.5 Å². The van der Waals surface area contributed by atoms with Crippen LogP contribution in [0.15, 0.2) is 77.7 Å². The summed E-state index contributed by atoms with van der Waals surface area (Å²) in [6, 6.07) is 20.4. The molecule has 0 spiro atoms. The number of hydrogen-bond acceptors (Lipinski definition) is 5. The SMILES string of the molecule is COc1cccc(CN(C(=O)CN(c2ccc(C(C)C)cc2)S(=O)(=O)c2ccc(C)cc2)[C@@H](C)C(=O)NC2CCCCC2)c1. The Balaban J connectivity index is 1.70. The predicted octanol–water partition coefficient (Wildman–Crippen LogP) is 6.19. The van der Waals surface area contributed by atoms with Crippen molar-refractivity contribution >= 4 is 27.5 Å². The zero-order chi connectivity index (χ0) is 31.9. The molecule has 236 valence electrons. The number of carbonyl (C=O) groups is 2. The molecule has 1 aliphatic rings. The number of aryl methyl sites for hydroxylation is 1. The number of rotatable bonds is 12. The molecule has 0 unspecified atom stereocenters. The van der Waals surface area contributed by atoms with Crippen molar-refractivity contribution in [3.63, 3.8) is 0 Å². The van der Waals surface area contributed by atoms with Gasteiger partial charge in [-0.25, -0.2) is 8.42 Å². The van der Waals surface area contributed by atoms with Crippen molar-refractivity contribution in [1.82, 2.24) is 10.2 Å². The summed E-state index contributed by atoms with van der Waals surface area (Å²) in [6.07, 6.45) is 5.11. The van der Waals surface area contributed by atoms with Gasteiger partial charge in [0.2, 0.25) is 11.8 Å². The lowest BCUT2D eigenvalue weighted by atomic mass is 9.95. The topological polar surface area (TPSA) is 96.0 Å². The molecule has 1 N–H and O–H groups in total. The molecule has 1 saturated carbocycles. The molecule has 0 radical (unpaired) electrons. The number of benzene rings is 3. The van der Waals surface area contributed by atoms with E-state index in [1.165, 1.54) is 4.90 Å². The van der Waals surface area contributed by atoms with Crippen LogP contribution in [0.25, 0.3) is 0 Å². The third-order valence-electron chi connectivity index (χ3n) is 8.34. The number of sulfonamides is 1. The van der Waals surface area contributed by atoms with Gasteiger partial charge >= 0.3 is 0 Å². The van der Waals surface area contributed by atoms with Gasteiger partial charge in [-0.15, -0.1) is 0 Å². The van der Waals surface area contributed by atoms with Crippen molar-refractivity contribution in [2.45, 2.75) is 89.2 Å². The highest BCUT2D eigenvalue weighted by Gasteiger charge is 2.33. The largest absolute Gasteiger partial charge is 0.497 e. The van der Waals surface area contributed by atoms with Gasteiger partial charge in [0.1, 0.15) is 18.3 Å². The van der Waals surface area contributed by atoms with E-state index in [1.807, 2.05) is 43.3 Å². The highest BCUT2D eigenvalue weighted by molar-refractivity contribution is 7.92. The van der Waals surface area contributed by atoms with Gasteiger partial charge in [0.25, 0.3) is 10.0 Å². The first kappa shape index (κ1) is 33.1.